The van der Waals surface area contributed by atoms with Crippen molar-refractivity contribution in [3.8, 4) is 0 Å². The molecule has 0 aromatic carbocycles. The number of amides is 1. The summed E-state index contributed by atoms with van der Waals surface area (Å²) in [6, 6.07) is 3.10. The van der Waals surface area contributed by atoms with Crippen LogP contribution in [-0.4, -0.2) is 31.9 Å². The fourth-order valence-electron chi connectivity index (χ4n) is 1.71. The summed E-state index contributed by atoms with van der Waals surface area (Å²) in [7, 11) is -3.85. The minimum atomic E-state index is -3.85. The Balaban J connectivity index is 2.41. The Morgan fingerprint density at radius 2 is 2.31 bits per heavy atom. The number of sulfonamides is 1. The van der Waals surface area contributed by atoms with Crippen molar-refractivity contribution >= 4 is 56.6 Å². The molecule has 0 radical (unpaired) electrons. The molecule has 2 heterocycles. The molecule has 2 aromatic heterocycles. The number of hydrazone groups is 1. The predicted molar refractivity (Wildman–Crippen MR) is 102 cm³/mol. The summed E-state index contributed by atoms with van der Waals surface area (Å²) in [4.78, 5) is 11.8. The first-order valence-corrected chi connectivity index (χ1v) is 10.7. The number of thiazole rings is 1. The Morgan fingerprint density at radius 1 is 1.54 bits per heavy atom. The lowest BCUT2D eigenvalue weighted by molar-refractivity contribution is 0.152. The smallest absolute Gasteiger partial charge is 0.427 e. The lowest BCUT2D eigenvalue weighted by atomic mass is 10.5. The van der Waals surface area contributed by atoms with E-state index in [2.05, 4.69) is 26.2 Å². The topological polar surface area (TPSA) is 102 Å². The monoisotopic (exact) mass is 434 g/mol. The second-order valence-corrected chi connectivity index (χ2v) is 8.67. The van der Waals surface area contributed by atoms with Crippen LogP contribution in [0.15, 0.2) is 43.9 Å². The largest absolute Gasteiger partial charge is 0.449 e. The van der Waals surface area contributed by atoms with E-state index in [4.69, 9.17) is 11.6 Å². The minimum Gasteiger partial charge on any atom is -0.449 e. The summed E-state index contributed by atoms with van der Waals surface area (Å²) in [5.41, 5.74) is 2.17. The van der Waals surface area contributed by atoms with Crippen molar-refractivity contribution in [2.75, 3.05) is 6.61 Å². The number of hydrogen-bond acceptors (Lipinski definition) is 7. The van der Waals surface area contributed by atoms with Crippen LogP contribution in [0.1, 0.15) is 11.8 Å². The molecule has 0 unspecified atom stereocenters. The Labute approximate surface area is 163 Å². The molecule has 0 aliphatic heterocycles. The van der Waals surface area contributed by atoms with Gasteiger partial charge in [-0.05, 0) is 18.4 Å². The predicted octanol–water partition coefficient (Wildman–Crippen LogP) is 2.82. The maximum atomic E-state index is 12.4. The normalized spacial score (nSPS) is 12.5. The van der Waals surface area contributed by atoms with Crippen LogP contribution in [0.25, 0.3) is 0 Å². The average Bonchev–Trinajstić information content (AvgIpc) is 3.20. The quantitative estimate of drug-likeness (QED) is 0.411. The molecule has 0 fully saturated rings. The third kappa shape index (κ3) is 5.04. The summed E-state index contributed by atoms with van der Waals surface area (Å²) in [6.07, 6.45) is 2.15. The van der Waals surface area contributed by atoms with Gasteiger partial charge < -0.3 is 9.30 Å². The van der Waals surface area contributed by atoms with Crippen molar-refractivity contribution in [3.63, 3.8) is 0 Å². The molecule has 0 aliphatic rings. The van der Waals surface area contributed by atoms with Gasteiger partial charge in [-0.25, -0.2) is 10.2 Å². The van der Waals surface area contributed by atoms with E-state index in [0.717, 1.165) is 22.7 Å². The first kappa shape index (κ1) is 20.4. The molecule has 140 valence electrons. The Bertz CT molecular complexity index is 974. The number of thiophene rings is 1. The molecular weight excluding hydrogens is 420 g/mol. The molecule has 2 aromatic rings. The fraction of sp³-hybridized carbons (Fsp3) is 0.214. The number of aromatic nitrogens is 1. The maximum Gasteiger partial charge on any atom is 0.427 e. The second-order valence-electron chi connectivity index (χ2n) is 4.53. The van der Waals surface area contributed by atoms with Crippen LogP contribution < -0.4 is 10.2 Å². The third-order valence-corrected chi connectivity index (χ3v) is 7.03. The van der Waals surface area contributed by atoms with E-state index in [1.165, 1.54) is 16.8 Å². The zero-order chi connectivity index (χ0) is 19.2. The van der Waals surface area contributed by atoms with E-state index < -0.39 is 16.1 Å². The maximum absolute atomic E-state index is 12.4. The van der Waals surface area contributed by atoms with Crippen molar-refractivity contribution in [2.45, 2.75) is 17.7 Å². The number of rotatable bonds is 7. The first-order valence-electron chi connectivity index (χ1n) is 7.19. The van der Waals surface area contributed by atoms with Crippen LogP contribution in [0.3, 0.4) is 0 Å². The van der Waals surface area contributed by atoms with Gasteiger partial charge in [0.2, 0.25) is 4.80 Å². The SMILES string of the molecule is C=CCn1c(Cl)c(/C=N\NC(=O)OCC)s/c1=N/S(=O)(=O)c1cccs1. The number of allylic oxidation sites excluding steroid dienone is 1. The number of carbonyl (C=O) groups is 1. The minimum absolute atomic E-state index is 0.131. The molecule has 26 heavy (non-hydrogen) atoms. The Hall–Kier alpha value is -1.95. The van der Waals surface area contributed by atoms with E-state index in [9.17, 15) is 13.2 Å². The van der Waals surface area contributed by atoms with Gasteiger partial charge in [0.05, 0.1) is 17.7 Å². The standard InChI is InChI=1S/C14H15ClN4O4S3/c1-3-7-19-12(15)10(9-16-17-14(20)23-4-2)25-13(19)18-26(21,22)11-6-5-8-24-11/h3,5-6,8-9H,1,4,7H2,2H3,(H,17,20)/b16-9-,18-13+. The van der Waals surface area contributed by atoms with E-state index in [-0.39, 0.29) is 27.3 Å². The zero-order valence-corrected chi connectivity index (χ0v) is 16.8. The highest BCUT2D eigenvalue weighted by Crippen LogP contribution is 2.20. The van der Waals surface area contributed by atoms with Gasteiger partial charge >= 0.3 is 6.09 Å². The van der Waals surface area contributed by atoms with Crippen LogP contribution >= 0.6 is 34.3 Å². The summed E-state index contributed by atoms with van der Waals surface area (Å²) in [5.74, 6) is 0. The molecule has 0 bridgehead atoms. The highest BCUT2D eigenvalue weighted by atomic mass is 35.5. The van der Waals surface area contributed by atoms with Gasteiger partial charge in [-0.15, -0.1) is 22.3 Å². The first-order chi connectivity index (χ1) is 12.4. The number of nitrogens with zero attached hydrogens (tertiary/aromatic N) is 3. The zero-order valence-electron chi connectivity index (χ0n) is 13.6. The van der Waals surface area contributed by atoms with Crippen LogP contribution in [0.4, 0.5) is 4.79 Å². The van der Waals surface area contributed by atoms with Crippen molar-refractivity contribution in [1.82, 2.24) is 9.99 Å². The van der Waals surface area contributed by atoms with Gasteiger partial charge in [0.15, 0.2) is 0 Å². The van der Waals surface area contributed by atoms with Crippen molar-refractivity contribution in [3.05, 3.63) is 45.0 Å². The lowest BCUT2D eigenvalue weighted by Crippen LogP contribution is -2.18. The van der Waals surface area contributed by atoms with Gasteiger partial charge in [-0.2, -0.15) is 13.5 Å². The number of hydrogen-bond donors (Lipinski definition) is 1. The molecule has 8 nitrogen and oxygen atoms in total. The highest BCUT2D eigenvalue weighted by Gasteiger charge is 2.16. The average molecular weight is 435 g/mol. The summed E-state index contributed by atoms with van der Waals surface area (Å²) in [6.45, 7) is 5.76. The molecule has 0 saturated carbocycles. The molecule has 1 amide bonds. The van der Waals surface area contributed by atoms with Crippen molar-refractivity contribution < 1.29 is 17.9 Å². The van der Waals surface area contributed by atoms with Gasteiger partial charge in [-0.3, -0.25) is 0 Å². The van der Waals surface area contributed by atoms with Crippen molar-refractivity contribution in [2.24, 2.45) is 9.50 Å². The van der Waals surface area contributed by atoms with Gasteiger partial charge in [-0.1, -0.05) is 35.1 Å². The van der Waals surface area contributed by atoms with E-state index >= 15 is 0 Å². The number of nitrogens with one attached hydrogen (secondary N) is 1. The Morgan fingerprint density at radius 3 is 2.92 bits per heavy atom. The molecule has 2 rings (SSSR count). The summed E-state index contributed by atoms with van der Waals surface area (Å²) in [5, 5.41) is 5.61. The number of carbonyl (C=O) groups excluding carboxylic acids is 1. The summed E-state index contributed by atoms with van der Waals surface area (Å²) >= 11 is 8.37. The van der Waals surface area contributed by atoms with Crippen LogP contribution in [0.2, 0.25) is 5.15 Å². The molecule has 12 heteroatoms. The van der Waals surface area contributed by atoms with Gasteiger partial charge in [0.1, 0.15) is 9.36 Å². The van der Waals surface area contributed by atoms with Crippen LogP contribution in [0.5, 0.6) is 0 Å². The second kappa shape index (κ2) is 9.12. The molecule has 0 atom stereocenters. The number of halogens is 1. The van der Waals surface area contributed by atoms with Crippen molar-refractivity contribution in [1.29, 1.82) is 0 Å². The number of ether oxygens (including phenoxy) is 1. The van der Waals surface area contributed by atoms with Gasteiger partial charge in [0.25, 0.3) is 10.0 Å². The van der Waals surface area contributed by atoms with Gasteiger partial charge in [0, 0.05) is 6.54 Å². The molecular formula is C14H15ClN4O4S3. The lowest BCUT2D eigenvalue weighted by Gasteiger charge is -2.00. The Kier molecular flexibility index (Phi) is 7.14. The molecule has 0 aliphatic carbocycles. The van der Waals surface area contributed by atoms with Crippen LogP contribution in [0, 0.1) is 0 Å². The van der Waals surface area contributed by atoms with E-state index in [0.29, 0.717) is 4.88 Å². The third-order valence-electron chi connectivity index (χ3n) is 2.74. The fourth-order valence-corrected chi connectivity index (χ4v) is 5.15. The highest BCUT2D eigenvalue weighted by molar-refractivity contribution is 7.92. The molecule has 1 N–H and O–H groups in total. The molecule has 0 spiro atoms. The van der Waals surface area contributed by atoms with E-state index in [1.54, 1.807) is 24.4 Å². The summed E-state index contributed by atoms with van der Waals surface area (Å²) < 4.78 is 34.9. The molecule has 0 saturated heterocycles. The van der Waals surface area contributed by atoms with Crippen LogP contribution in [-0.2, 0) is 21.3 Å². The van der Waals surface area contributed by atoms with E-state index in [1.807, 2.05) is 0 Å².